The highest BCUT2D eigenvalue weighted by Gasteiger charge is 2.19. The van der Waals surface area contributed by atoms with Gasteiger partial charge in [0.05, 0.1) is 12.3 Å². The Labute approximate surface area is 137 Å². The van der Waals surface area contributed by atoms with E-state index in [4.69, 9.17) is 4.74 Å². The lowest BCUT2D eigenvalue weighted by Crippen LogP contribution is -2.19. The number of aromatic nitrogens is 2. The van der Waals surface area contributed by atoms with Crippen molar-refractivity contribution in [3.05, 3.63) is 46.2 Å². The number of carbonyl (C=O) groups excluding carboxylic acids is 1. The second kappa shape index (κ2) is 7.61. The van der Waals surface area contributed by atoms with E-state index in [2.05, 4.69) is 9.97 Å². The van der Waals surface area contributed by atoms with E-state index in [0.29, 0.717) is 11.3 Å². The quantitative estimate of drug-likeness (QED) is 0.514. The van der Waals surface area contributed by atoms with Crippen molar-refractivity contribution in [2.45, 2.75) is 24.3 Å². The van der Waals surface area contributed by atoms with E-state index in [1.54, 1.807) is 38.1 Å². The number of rotatable bonds is 5. The molecule has 0 saturated carbocycles. The highest BCUT2D eigenvalue weighted by atomic mass is 32.2. The summed E-state index contributed by atoms with van der Waals surface area (Å²) in [7, 11) is 0. The first kappa shape index (κ1) is 16.8. The number of H-pyrrole nitrogens is 1. The van der Waals surface area contributed by atoms with Crippen molar-refractivity contribution < 1.29 is 9.53 Å². The molecule has 0 amide bonds. The van der Waals surface area contributed by atoms with E-state index in [0.717, 1.165) is 11.8 Å². The summed E-state index contributed by atoms with van der Waals surface area (Å²) in [4.78, 5) is 30.7. The normalized spacial score (nSPS) is 11.5. The molecule has 2 rings (SSSR count). The fourth-order valence-corrected chi connectivity index (χ4v) is 2.69. The number of aromatic amines is 1. The van der Waals surface area contributed by atoms with Gasteiger partial charge in [-0.25, -0.2) is 4.98 Å². The van der Waals surface area contributed by atoms with Gasteiger partial charge in [0, 0.05) is 5.56 Å². The molecule has 1 heterocycles. The Hall–Kier alpha value is -2.59. The highest BCUT2D eigenvalue weighted by Crippen LogP contribution is 2.24. The van der Waals surface area contributed by atoms with Crippen molar-refractivity contribution in [3.63, 3.8) is 0 Å². The van der Waals surface area contributed by atoms with E-state index in [1.807, 2.05) is 12.1 Å². The fraction of sp³-hybridized carbons (Fsp3) is 0.250. The van der Waals surface area contributed by atoms with Gasteiger partial charge in [0.2, 0.25) is 0 Å². The van der Waals surface area contributed by atoms with Crippen molar-refractivity contribution in [1.82, 2.24) is 9.97 Å². The first-order valence-electron chi connectivity index (χ1n) is 7.00. The SMILES string of the molecule is CCOC(=O)C(C)Sc1nc(-c2ccccc2)c(C#N)c(=O)[nH]1. The minimum absolute atomic E-state index is 0.0515. The van der Waals surface area contributed by atoms with Crippen LogP contribution < -0.4 is 5.56 Å². The Kier molecular flexibility index (Phi) is 5.55. The summed E-state index contributed by atoms with van der Waals surface area (Å²) in [6.07, 6.45) is 0. The van der Waals surface area contributed by atoms with E-state index in [-0.39, 0.29) is 23.3 Å². The predicted octanol–water partition coefficient (Wildman–Crippen LogP) is 2.35. The van der Waals surface area contributed by atoms with Crippen LogP contribution in [0.5, 0.6) is 0 Å². The predicted molar refractivity (Wildman–Crippen MR) is 87.0 cm³/mol. The highest BCUT2D eigenvalue weighted by molar-refractivity contribution is 8.00. The molecule has 7 heteroatoms. The summed E-state index contributed by atoms with van der Waals surface area (Å²) in [6.45, 7) is 3.68. The van der Waals surface area contributed by atoms with Crippen LogP contribution in [-0.4, -0.2) is 27.8 Å². The lowest BCUT2D eigenvalue weighted by Gasteiger charge is -2.10. The maximum atomic E-state index is 12.1. The first-order valence-corrected chi connectivity index (χ1v) is 7.88. The summed E-state index contributed by atoms with van der Waals surface area (Å²) >= 11 is 1.08. The van der Waals surface area contributed by atoms with Crippen LogP contribution in [0.3, 0.4) is 0 Å². The van der Waals surface area contributed by atoms with Crippen LogP contribution in [0.2, 0.25) is 0 Å². The average molecular weight is 329 g/mol. The molecular formula is C16H15N3O3S. The molecule has 1 aromatic heterocycles. The van der Waals surface area contributed by atoms with Gasteiger partial charge in [0.15, 0.2) is 5.16 Å². The third kappa shape index (κ3) is 3.99. The van der Waals surface area contributed by atoms with Crippen molar-refractivity contribution in [2.24, 2.45) is 0 Å². The number of hydrogen-bond acceptors (Lipinski definition) is 6. The Bertz CT molecular complexity index is 796. The number of nitriles is 1. The third-order valence-corrected chi connectivity index (χ3v) is 3.93. The molecule has 1 N–H and O–H groups in total. The zero-order valence-electron chi connectivity index (χ0n) is 12.7. The molecule has 0 aliphatic heterocycles. The summed E-state index contributed by atoms with van der Waals surface area (Å²) < 4.78 is 4.93. The van der Waals surface area contributed by atoms with E-state index >= 15 is 0 Å². The smallest absolute Gasteiger partial charge is 0.319 e. The monoisotopic (exact) mass is 329 g/mol. The van der Waals surface area contributed by atoms with E-state index in [9.17, 15) is 14.9 Å². The van der Waals surface area contributed by atoms with Gasteiger partial charge in [0.1, 0.15) is 16.9 Å². The van der Waals surface area contributed by atoms with Crippen LogP contribution in [0, 0.1) is 11.3 Å². The summed E-state index contributed by atoms with van der Waals surface area (Å²) in [5.41, 5.74) is 0.389. The lowest BCUT2D eigenvalue weighted by molar-refractivity contribution is -0.142. The van der Waals surface area contributed by atoms with Gasteiger partial charge in [0.25, 0.3) is 5.56 Å². The van der Waals surface area contributed by atoms with Crippen LogP contribution in [-0.2, 0) is 9.53 Å². The molecule has 0 radical (unpaired) electrons. The minimum atomic E-state index is -0.528. The molecular weight excluding hydrogens is 314 g/mol. The molecule has 0 aliphatic carbocycles. The van der Waals surface area contributed by atoms with Gasteiger partial charge in [-0.1, -0.05) is 42.1 Å². The summed E-state index contributed by atoms with van der Waals surface area (Å²) in [5, 5.41) is 8.95. The Morgan fingerprint density at radius 1 is 1.43 bits per heavy atom. The average Bonchev–Trinajstić information content (AvgIpc) is 2.55. The van der Waals surface area contributed by atoms with Gasteiger partial charge in [-0.05, 0) is 13.8 Å². The molecule has 0 spiro atoms. The number of ether oxygens (including phenoxy) is 1. The van der Waals surface area contributed by atoms with E-state index < -0.39 is 10.8 Å². The van der Waals surface area contributed by atoms with Gasteiger partial charge in [-0.3, -0.25) is 9.59 Å². The van der Waals surface area contributed by atoms with Gasteiger partial charge in [-0.15, -0.1) is 0 Å². The Morgan fingerprint density at radius 2 is 2.13 bits per heavy atom. The molecule has 23 heavy (non-hydrogen) atoms. The lowest BCUT2D eigenvalue weighted by atomic mass is 10.1. The number of esters is 1. The van der Waals surface area contributed by atoms with Crippen LogP contribution in [0.4, 0.5) is 0 Å². The maximum Gasteiger partial charge on any atom is 0.319 e. The molecule has 0 fully saturated rings. The third-order valence-electron chi connectivity index (χ3n) is 2.96. The molecule has 6 nitrogen and oxygen atoms in total. The summed E-state index contributed by atoms with van der Waals surface area (Å²) in [5.74, 6) is -0.384. The molecule has 0 aliphatic rings. The van der Waals surface area contributed by atoms with Gasteiger partial charge in [-0.2, -0.15) is 5.26 Å². The largest absolute Gasteiger partial charge is 0.465 e. The number of benzene rings is 1. The van der Waals surface area contributed by atoms with Crippen LogP contribution in [0.1, 0.15) is 19.4 Å². The van der Waals surface area contributed by atoms with Crippen molar-refractivity contribution in [1.29, 1.82) is 5.26 Å². The Morgan fingerprint density at radius 3 is 2.74 bits per heavy atom. The first-order chi connectivity index (χ1) is 11.1. The van der Waals surface area contributed by atoms with Crippen LogP contribution in [0.15, 0.2) is 40.3 Å². The van der Waals surface area contributed by atoms with E-state index in [1.165, 1.54) is 0 Å². The van der Waals surface area contributed by atoms with Crippen LogP contribution in [0.25, 0.3) is 11.3 Å². The number of nitrogens with one attached hydrogen (secondary N) is 1. The van der Waals surface area contributed by atoms with Crippen molar-refractivity contribution in [3.8, 4) is 17.3 Å². The van der Waals surface area contributed by atoms with Gasteiger partial charge >= 0.3 is 5.97 Å². The minimum Gasteiger partial charge on any atom is -0.465 e. The molecule has 1 atom stereocenters. The number of hydrogen-bond donors (Lipinski definition) is 1. The molecule has 0 bridgehead atoms. The molecule has 1 aromatic carbocycles. The Balaban J connectivity index is 2.41. The molecule has 1 unspecified atom stereocenters. The summed E-state index contributed by atoms with van der Waals surface area (Å²) in [6, 6.07) is 10.9. The fourth-order valence-electron chi connectivity index (χ4n) is 1.89. The van der Waals surface area contributed by atoms with Gasteiger partial charge < -0.3 is 9.72 Å². The molecule has 0 saturated heterocycles. The zero-order valence-corrected chi connectivity index (χ0v) is 13.5. The maximum absolute atomic E-state index is 12.1. The van der Waals surface area contributed by atoms with Crippen molar-refractivity contribution in [2.75, 3.05) is 6.61 Å². The molecule has 118 valence electrons. The van der Waals surface area contributed by atoms with Crippen molar-refractivity contribution >= 4 is 17.7 Å². The number of carbonyl (C=O) groups is 1. The standard InChI is InChI=1S/C16H15N3O3S/c1-3-22-15(21)10(2)23-16-18-13(11-7-5-4-6-8-11)12(9-17)14(20)19-16/h4-8,10H,3H2,1-2H3,(H,18,19,20). The van der Waals surface area contributed by atoms with Crippen LogP contribution >= 0.6 is 11.8 Å². The second-order valence-electron chi connectivity index (χ2n) is 4.58. The zero-order chi connectivity index (χ0) is 16.8. The molecule has 2 aromatic rings. The topological polar surface area (TPSA) is 95.8 Å². The second-order valence-corrected chi connectivity index (χ2v) is 5.91. The number of thioether (sulfide) groups is 1. The number of nitrogens with zero attached hydrogens (tertiary/aromatic N) is 2.